The summed E-state index contributed by atoms with van der Waals surface area (Å²) in [7, 11) is 0. The second-order valence-corrected chi connectivity index (χ2v) is 11.3. The molecule has 7 heteroatoms. The van der Waals surface area contributed by atoms with Gasteiger partial charge >= 0.3 is 0 Å². The first-order chi connectivity index (χ1) is 19.8. The first-order valence-electron chi connectivity index (χ1n) is 13.5. The van der Waals surface area contributed by atoms with Crippen molar-refractivity contribution in [2.24, 2.45) is 4.99 Å². The fourth-order valence-electron chi connectivity index (χ4n) is 5.52. The molecule has 0 aliphatic carbocycles. The highest BCUT2D eigenvalue weighted by Gasteiger charge is 2.32. The lowest BCUT2D eigenvalue weighted by Gasteiger charge is -2.25. The summed E-state index contributed by atoms with van der Waals surface area (Å²) in [4.78, 5) is 33.1. The Hall–Kier alpha value is -4.75. The Bertz CT molecular complexity index is 2000. The van der Waals surface area contributed by atoms with Crippen molar-refractivity contribution >= 4 is 29.0 Å². The van der Waals surface area contributed by atoms with Gasteiger partial charge in [-0.1, -0.05) is 72.0 Å². The number of allylic oxidation sites excluding steroid dienone is 1. The van der Waals surface area contributed by atoms with Gasteiger partial charge < -0.3 is 9.88 Å². The van der Waals surface area contributed by atoms with Crippen LogP contribution >= 0.6 is 11.3 Å². The number of rotatable bonds is 5. The van der Waals surface area contributed by atoms with Crippen LogP contribution in [-0.4, -0.2) is 15.0 Å². The Balaban J connectivity index is 1.49. The SMILES string of the molecule is CC1=C(C(=O)Nc2ccccc2)[C@H](c2ccccc2)n2c(s/c(=C/c3cc(C)n(-c4cccc(C)c4)c3C)c2=O)=N1. The molecule has 2 aromatic heterocycles. The van der Waals surface area contributed by atoms with E-state index in [1.165, 1.54) is 16.9 Å². The number of amides is 1. The molecular formula is C34H30N4O2S. The Morgan fingerprint density at radius 2 is 1.61 bits per heavy atom. The third-order valence-electron chi connectivity index (χ3n) is 7.43. The molecule has 41 heavy (non-hydrogen) atoms. The average Bonchev–Trinajstić information content (AvgIpc) is 3.42. The van der Waals surface area contributed by atoms with E-state index in [-0.39, 0.29) is 11.5 Å². The van der Waals surface area contributed by atoms with Gasteiger partial charge in [0, 0.05) is 22.8 Å². The molecular weight excluding hydrogens is 528 g/mol. The van der Waals surface area contributed by atoms with Crippen molar-refractivity contribution in [3.63, 3.8) is 0 Å². The highest BCUT2D eigenvalue weighted by atomic mass is 32.1. The number of aryl methyl sites for hydroxylation is 2. The van der Waals surface area contributed by atoms with Crippen LogP contribution in [-0.2, 0) is 4.79 Å². The number of nitrogens with zero attached hydrogens (tertiary/aromatic N) is 3. The van der Waals surface area contributed by atoms with Gasteiger partial charge in [0.2, 0.25) is 0 Å². The van der Waals surface area contributed by atoms with Crippen molar-refractivity contribution in [2.75, 3.05) is 5.32 Å². The summed E-state index contributed by atoms with van der Waals surface area (Å²) in [5.41, 5.74) is 7.82. The summed E-state index contributed by atoms with van der Waals surface area (Å²) in [5, 5.41) is 3.00. The molecule has 1 N–H and O–H groups in total. The van der Waals surface area contributed by atoms with E-state index in [0.717, 1.165) is 28.2 Å². The van der Waals surface area contributed by atoms with Crippen LogP contribution in [0, 0.1) is 20.8 Å². The molecule has 0 saturated carbocycles. The van der Waals surface area contributed by atoms with E-state index in [0.29, 0.717) is 26.3 Å². The van der Waals surface area contributed by atoms with Crippen molar-refractivity contribution in [1.82, 2.24) is 9.13 Å². The third kappa shape index (κ3) is 4.89. The average molecular weight is 559 g/mol. The lowest BCUT2D eigenvalue weighted by atomic mass is 9.95. The summed E-state index contributed by atoms with van der Waals surface area (Å²) in [6.07, 6.45) is 1.95. The van der Waals surface area contributed by atoms with Gasteiger partial charge in [-0.2, -0.15) is 0 Å². The normalized spacial score (nSPS) is 15.0. The van der Waals surface area contributed by atoms with Crippen LogP contribution in [0.5, 0.6) is 0 Å². The number of benzene rings is 3. The fourth-order valence-corrected chi connectivity index (χ4v) is 6.56. The zero-order chi connectivity index (χ0) is 28.7. The van der Waals surface area contributed by atoms with Crippen LogP contribution in [0.4, 0.5) is 5.69 Å². The monoisotopic (exact) mass is 558 g/mol. The second kappa shape index (κ2) is 10.7. The summed E-state index contributed by atoms with van der Waals surface area (Å²) in [6.45, 7) is 8.06. The van der Waals surface area contributed by atoms with Crippen LogP contribution < -0.4 is 20.2 Å². The minimum Gasteiger partial charge on any atom is -0.322 e. The van der Waals surface area contributed by atoms with Gasteiger partial charge in [0.1, 0.15) is 0 Å². The molecule has 204 valence electrons. The third-order valence-corrected chi connectivity index (χ3v) is 8.41. The van der Waals surface area contributed by atoms with Gasteiger partial charge in [-0.05, 0) is 80.8 Å². The number of aromatic nitrogens is 2. The van der Waals surface area contributed by atoms with E-state index in [4.69, 9.17) is 4.99 Å². The van der Waals surface area contributed by atoms with Crippen molar-refractivity contribution in [3.8, 4) is 5.69 Å². The highest BCUT2D eigenvalue weighted by Crippen LogP contribution is 2.30. The molecule has 1 atom stereocenters. The predicted octanol–water partition coefficient (Wildman–Crippen LogP) is 5.59. The topological polar surface area (TPSA) is 68.4 Å². The predicted molar refractivity (Wildman–Crippen MR) is 165 cm³/mol. The van der Waals surface area contributed by atoms with Gasteiger partial charge in [0.25, 0.3) is 11.5 Å². The number of carbonyl (C=O) groups excluding carboxylic acids is 1. The van der Waals surface area contributed by atoms with Crippen molar-refractivity contribution in [1.29, 1.82) is 0 Å². The first kappa shape index (κ1) is 26.5. The molecule has 5 aromatic rings. The van der Waals surface area contributed by atoms with E-state index >= 15 is 0 Å². The largest absolute Gasteiger partial charge is 0.322 e. The molecule has 0 saturated heterocycles. The first-order valence-corrected chi connectivity index (χ1v) is 14.3. The van der Waals surface area contributed by atoms with Crippen molar-refractivity contribution < 1.29 is 4.79 Å². The number of thiazole rings is 1. The Morgan fingerprint density at radius 1 is 0.902 bits per heavy atom. The number of hydrogen-bond donors (Lipinski definition) is 1. The Labute approximate surface area is 242 Å². The Morgan fingerprint density at radius 3 is 2.32 bits per heavy atom. The fraction of sp³-hybridized carbons (Fsp3) is 0.147. The molecule has 3 aromatic carbocycles. The number of para-hydroxylation sites is 1. The number of nitrogens with one attached hydrogen (secondary N) is 1. The van der Waals surface area contributed by atoms with E-state index in [9.17, 15) is 9.59 Å². The lowest BCUT2D eigenvalue weighted by Crippen LogP contribution is -2.40. The van der Waals surface area contributed by atoms with E-state index in [1.54, 1.807) is 4.57 Å². The maximum Gasteiger partial charge on any atom is 0.271 e. The summed E-state index contributed by atoms with van der Waals surface area (Å²) in [5.74, 6) is -0.276. The van der Waals surface area contributed by atoms with Crippen LogP contribution in [0.15, 0.2) is 112 Å². The maximum absolute atomic E-state index is 14.1. The van der Waals surface area contributed by atoms with Crippen LogP contribution in [0.25, 0.3) is 11.8 Å². The maximum atomic E-state index is 14.1. The minimum absolute atomic E-state index is 0.166. The van der Waals surface area contributed by atoms with E-state index in [2.05, 4.69) is 61.0 Å². The Kier molecular flexibility index (Phi) is 6.89. The van der Waals surface area contributed by atoms with Crippen molar-refractivity contribution in [3.05, 3.63) is 150 Å². The number of fused-ring (bicyclic) bond motifs is 1. The molecule has 1 amide bonds. The minimum atomic E-state index is -0.599. The van der Waals surface area contributed by atoms with E-state index < -0.39 is 6.04 Å². The zero-order valence-electron chi connectivity index (χ0n) is 23.4. The second-order valence-electron chi connectivity index (χ2n) is 10.3. The molecule has 0 unspecified atom stereocenters. The molecule has 6 rings (SSSR count). The molecule has 0 spiro atoms. The molecule has 0 radical (unpaired) electrons. The standard InChI is InChI=1S/C34H30N4O2S/c1-21-12-11-17-28(18-21)37-22(2)19-26(24(37)4)20-29-33(40)38-31(25-13-7-5-8-14-25)30(23(3)35-34(38)41-29)32(39)36-27-15-9-6-10-16-27/h5-20,31H,1-4H3,(H,36,39)/b29-20+/t31-/m0/s1. The molecule has 1 aliphatic rings. The van der Waals surface area contributed by atoms with Crippen LogP contribution in [0.1, 0.15) is 41.0 Å². The molecule has 3 heterocycles. The summed E-state index contributed by atoms with van der Waals surface area (Å²) < 4.78 is 4.45. The quantitative estimate of drug-likeness (QED) is 0.306. The van der Waals surface area contributed by atoms with Gasteiger partial charge in [-0.3, -0.25) is 14.2 Å². The molecule has 0 bridgehead atoms. The summed E-state index contributed by atoms with van der Waals surface area (Å²) >= 11 is 1.35. The van der Waals surface area contributed by atoms with Crippen molar-refractivity contribution in [2.45, 2.75) is 33.7 Å². The number of carbonyl (C=O) groups is 1. The zero-order valence-corrected chi connectivity index (χ0v) is 24.2. The van der Waals surface area contributed by atoms with Crippen LogP contribution in [0.2, 0.25) is 0 Å². The number of hydrogen-bond acceptors (Lipinski definition) is 4. The van der Waals surface area contributed by atoms with E-state index in [1.807, 2.05) is 73.7 Å². The smallest absolute Gasteiger partial charge is 0.271 e. The van der Waals surface area contributed by atoms with Gasteiger partial charge in [0.15, 0.2) is 4.80 Å². The highest BCUT2D eigenvalue weighted by molar-refractivity contribution is 7.07. The van der Waals surface area contributed by atoms with Gasteiger partial charge in [0.05, 0.1) is 21.8 Å². The van der Waals surface area contributed by atoms with Crippen LogP contribution in [0.3, 0.4) is 0 Å². The lowest BCUT2D eigenvalue weighted by molar-refractivity contribution is -0.113. The molecule has 6 nitrogen and oxygen atoms in total. The molecule has 1 aliphatic heterocycles. The summed E-state index contributed by atoms with van der Waals surface area (Å²) in [6, 6.07) is 28.9. The number of anilines is 1. The van der Waals surface area contributed by atoms with Gasteiger partial charge in [-0.25, -0.2) is 4.99 Å². The molecule has 0 fully saturated rings. The van der Waals surface area contributed by atoms with Gasteiger partial charge in [-0.15, -0.1) is 0 Å².